The number of aliphatic hydroxyl groups is 1. The van der Waals surface area contributed by atoms with Crippen LogP contribution in [0.25, 0.3) is 11.1 Å². The smallest absolute Gasteiger partial charge is 0.329 e. The summed E-state index contributed by atoms with van der Waals surface area (Å²) in [5, 5.41) is 20.1. The zero-order valence-electron chi connectivity index (χ0n) is 19.8. The molecule has 1 saturated heterocycles. The van der Waals surface area contributed by atoms with Crippen molar-refractivity contribution in [3.63, 3.8) is 0 Å². The van der Waals surface area contributed by atoms with Crippen molar-refractivity contribution in [2.45, 2.75) is 32.8 Å². The molecule has 3 aromatic rings. The van der Waals surface area contributed by atoms with E-state index in [2.05, 4.69) is 15.5 Å². The summed E-state index contributed by atoms with van der Waals surface area (Å²) in [6.07, 6.45) is 3.81. The number of hydrogen-bond donors (Lipinski definition) is 3. The Labute approximate surface area is 198 Å². The number of amides is 3. The van der Waals surface area contributed by atoms with Crippen LogP contribution < -0.4 is 19.9 Å². The molecule has 0 spiro atoms. The Bertz CT molecular complexity index is 1180. The Balaban J connectivity index is 1.65. The van der Waals surface area contributed by atoms with Gasteiger partial charge in [0.05, 0.1) is 24.6 Å². The van der Waals surface area contributed by atoms with Crippen LogP contribution in [0.3, 0.4) is 0 Å². The van der Waals surface area contributed by atoms with Crippen LogP contribution in [0.2, 0.25) is 0 Å². The number of H-pyrrole nitrogens is 1. The first-order valence-electron chi connectivity index (χ1n) is 11.1. The van der Waals surface area contributed by atoms with E-state index in [0.717, 1.165) is 16.8 Å². The van der Waals surface area contributed by atoms with Crippen molar-refractivity contribution in [3.8, 4) is 16.9 Å². The normalized spacial score (nSPS) is 14.0. The summed E-state index contributed by atoms with van der Waals surface area (Å²) in [5.41, 5.74) is 3.52. The number of nitrogens with one attached hydrogen (secondary N) is 2. The third-order valence-corrected chi connectivity index (χ3v) is 5.67. The van der Waals surface area contributed by atoms with Crippen molar-refractivity contribution in [2.24, 2.45) is 0 Å². The van der Waals surface area contributed by atoms with Crippen molar-refractivity contribution < 1.29 is 19.4 Å². The molecule has 0 aliphatic carbocycles. The van der Waals surface area contributed by atoms with E-state index in [-0.39, 0.29) is 18.4 Å². The molecule has 2 heterocycles. The van der Waals surface area contributed by atoms with Crippen LogP contribution in [0, 0.1) is 0 Å². The molecular formula is C25H29N5O4. The molecule has 4 rings (SSSR count). The number of ether oxygens (including phenoxy) is 1. The topological polar surface area (TPSA) is 111 Å². The van der Waals surface area contributed by atoms with Crippen LogP contribution in [0.5, 0.6) is 5.75 Å². The molecule has 0 saturated carbocycles. The van der Waals surface area contributed by atoms with Crippen LogP contribution >= 0.6 is 0 Å². The van der Waals surface area contributed by atoms with Gasteiger partial charge in [-0.05, 0) is 43.7 Å². The van der Waals surface area contributed by atoms with Crippen LogP contribution in [0.4, 0.5) is 21.9 Å². The number of aromatic amines is 1. The van der Waals surface area contributed by atoms with Gasteiger partial charge in [-0.2, -0.15) is 5.10 Å². The van der Waals surface area contributed by atoms with Gasteiger partial charge < -0.3 is 15.2 Å². The largest absolute Gasteiger partial charge is 0.494 e. The van der Waals surface area contributed by atoms with E-state index in [0.29, 0.717) is 35.8 Å². The predicted octanol–water partition coefficient (Wildman–Crippen LogP) is 3.80. The number of rotatable bonds is 7. The van der Waals surface area contributed by atoms with Gasteiger partial charge in [0.25, 0.3) is 0 Å². The number of methoxy groups -OCH3 is 1. The van der Waals surface area contributed by atoms with Crippen molar-refractivity contribution >= 4 is 29.0 Å². The Kier molecular flexibility index (Phi) is 6.30. The van der Waals surface area contributed by atoms with E-state index in [1.54, 1.807) is 42.0 Å². The first-order valence-corrected chi connectivity index (χ1v) is 11.1. The third-order valence-electron chi connectivity index (χ3n) is 5.67. The fourth-order valence-corrected chi connectivity index (χ4v) is 4.21. The van der Waals surface area contributed by atoms with Crippen LogP contribution in [0.1, 0.15) is 26.3 Å². The molecule has 2 aromatic carbocycles. The lowest BCUT2D eigenvalue weighted by Crippen LogP contribution is -2.32. The van der Waals surface area contributed by atoms with Gasteiger partial charge >= 0.3 is 6.03 Å². The standard InChI is InChI=1S/C25H29N5O4/c1-16(31)28-21-9-10-22(23(34-4)20(21)13-25(2,3)33)30-12-11-29(24(30)32)19-7-5-17(6-8-19)18-14-26-27-15-18/h5-10,14-15,33H,11-13H2,1-4H3,(H,26,27)(H,28,31). The number of anilines is 3. The summed E-state index contributed by atoms with van der Waals surface area (Å²) in [6.45, 7) is 5.79. The monoisotopic (exact) mass is 463 g/mol. The zero-order valence-corrected chi connectivity index (χ0v) is 19.8. The van der Waals surface area contributed by atoms with Gasteiger partial charge in [-0.25, -0.2) is 4.79 Å². The molecule has 1 aliphatic heterocycles. The van der Waals surface area contributed by atoms with Crippen molar-refractivity contribution in [3.05, 3.63) is 54.4 Å². The highest BCUT2D eigenvalue weighted by molar-refractivity contribution is 6.07. The molecule has 9 nitrogen and oxygen atoms in total. The van der Waals surface area contributed by atoms with E-state index in [9.17, 15) is 14.7 Å². The Morgan fingerprint density at radius 2 is 1.85 bits per heavy atom. The molecule has 0 atom stereocenters. The fourth-order valence-electron chi connectivity index (χ4n) is 4.21. The maximum absolute atomic E-state index is 13.4. The minimum Gasteiger partial charge on any atom is -0.494 e. The second kappa shape index (κ2) is 9.18. The molecule has 9 heteroatoms. The number of urea groups is 1. The van der Waals surface area contributed by atoms with Gasteiger partial charge in [-0.1, -0.05) is 12.1 Å². The molecule has 0 bridgehead atoms. The highest BCUT2D eigenvalue weighted by Crippen LogP contribution is 2.40. The number of carbonyl (C=O) groups is 2. The van der Waals surface area contributed by atoms with Gasteiger partial charge in [-0.15, -0.1) is 0 Å². The van der Waals surface area contributed by atoms with Crippen molar-refractivity contribution in [1.29, 1.82) is 0 Å². The minimum absolute atomic E-state index is 0.171. The maximum atomic E-state index is 13.4. The second-order valence-corrected chi connectivity index (χ2v) is 8.93. The number of hydrogen-bond acceptors (Lipinski definition) is 5. The van der Waals surface area contributed by atoms with Gasteiger partial charge in [0, 0.05) is 55.1 Å². The molecule has 1 aromatic heterocycles. The second-order valence-electron chi connectivity index (χ2n) is 8.93. The van der Waals surface area contributed by atoms with Gasteiger partial charge in [-0.3, -0.25) is 19.7 Å². The fraction of sp³-hybridized carbons (Fsp3) is 0.320. The van der Waals surface area contributed by atoms with E-state index in [1.165, 1.54) is 14.0 Å². The summed E-state index contributed by atoms with van der Waals surface area (Å²) >= 11 is 0. The summed E-state index contributed by atoms with van der Waals surface area (Å²) in [6, 6.07) is 11.1. The molecule has 1 fully saturated rings. The summed E-state index contributed by atoms with van der Waals surface area (Å²) in [4.78, 5) is 28.5. The van der Waals surface area contributed by atoms with E-state index >= 15 is 0 Å². The number of benzene rings is 2. The van der Waals surface area contributed by atoms with Crippen LogP contribution in [-0.2, 0) is 11.2 Å². The van der Waals surface area contributed by atoms with Gasteiger partial charge in [0.15, 0.2) is 0 Å². The maximum Gasteiger partial charge on any atom is 0.329 e. The highest BCUT2D eigenvalue weighted by atomic mass is 16.5. The molecule has 3 N–H and O–H groups in total. The van der Waals surface area contributed by atoms with Crippen molar-refractivity contribution in [2.75, 3.05) is 35.3 Å². The van der Waals surface area contributed by atoms with Gasteiger partial charge in [0.2, 0.25) is 5.91 Å². The third kappa shape index (κ3) is 4.74. The summed E-state index contributed by atoms with van der Waals surface area (Å²) < 4.78 is 5.72. The molecular weight excluding hydrogens is 434 g/mol. The zero-order chi connectivity index (χ0) is 24.5. The first-order chi connectivity index (χ1) is 16.2. The van der Waals surface area contributed by atoms with Gasteiger partial charge in [0.1, 0.15) is 5.75 Å². The predicted molar refractivity (Wildman–Crippen MR) is 131 cm³/mol. The Morgan fingerprint density at radius 1 is 1.15 bits per heavy atom. The SMILES string of the molecule is COc1c(N2CCN(c3ccc(-c4cn[nH]c4)cc3)C2=O)ccc(NC(C)=O)c1CC(C)(C)O. The molecule has 1 aliphatic rings. The molecule has 34 heavy (non-hydrogen) atoms. The lowest BCUT2D eigenvalue weighted by atomic mass is 9.95. The van der Waals surface area contributed by atoms with E-state index in [4.69, 9.17) is 4.74 Å². The summed E-state index contributed by atoms with van der Waals surface area (Å²) in [5.74, 6) is 0.230. The van der Waals surface area contributed by atoms with E-state index < -0.39 is 5.60 Å². The molecule has 0 radical (unpaired) electrons. The molecule has 0 unspecified atom stereocenters. The highest BCUT2D eigenvalue weighted by Gasteiger charge is 2.34. The minimum atomic E-state index is -1.04. The summed E-state index contributed by atoms with van der Waals surface area (Å²) in [7, 11) is 1.52. The van der Waals surface area contributed by atoms with Crippen LogP contribution in [-0.4, -0.2) is 53.0 Å². The quantitative estimate of drug-likeness (QED) is 0.494. The Hall–Kier alpha value is -3.85. The van der Waals surface area contributed by atoms with E-state index in [1.807, 2.05) is 30.5 Å². The van der Waals surface area contributed by atoms with Crippen molar-refractivity contribution in [1.82, 2.24) is 10.2 Å². The number of nitrogens with zero attached hydrogens (tertiary/aromatic N) is 3. The average Bonchev–Trinajstić information content (AvgIpc) is 3.44. The number of carbonyl (C=O) groups excluding carboxylic acids is 2. The first kappa shape index (κ1) is 23.3. The molecule has 178 valence electrons. The number of aromatic nitrogens is 2. The Morgan fingerprint density at radius 3 is 2.44 bits per heavy atom. The molecule has 3 amide bonds. The lowest BCUT2D eigenvalue weighted by Gasteiger charge is -2.26. The lowest BCUT2D eigenvalue weighted by molar-refractivity contribution is -0.114. The van der Waals surface area contributed by atoms with Crippen LogP contribution in [0.15, 0.2) is 48.8 Å². The average molecular weight is 464 g/mol.